The van der Waals surface area contributed by atoms with E-state index in [1.807, 2.05) is 0 Å². The number of H-pyrrole nitrogens is 1. The van der Waals surface area contributed by atoms with Crippen molar-refractivity contribution in [1.82, 2.24) is 10.2 Å². The van der Waals surface area contributed by atoms with Gasteiger partial charge in [0.05, 0.1) is 5.69 Å². The molecule has 14 heavy (non-hydrogen) atoms. The Morgan fingerprint density at radius 3 is 2.79 bits per heavy atom. The summed E-state index contributed by atoms with van der Waals surface area (Å²) in [5.74, 6) is 0. The molecule has 1 saturated carbocycles. The van der Waals surface area contributed by atoms with Gasteiger partial charge < -0.3 is 5.73 Å². The van der Waals surface area contributed by atoms with E-state index in [9.17, 15) is 0 Å². The molecule has 3 rings (SSSR count). The van der Waals surface area contributed by atoms with E-state index in [2.05, 4.69) is 10.2 Å². The van der Waals surface area contributed by atoms with Crippen LogP contribution in [-0.2, 0) is 18.3 Å². The van der Waals surface area contributed by atoms with E-state index in [-0.39, 0.29) is 5.41 Å². The zero-order chi connectivity index (χ0) is 9.60. The van der Waals surface area contributed by atoms with Crippen molar-refractivity contribution in [3.63, 3.8) is 0 Å². The van der Waals surface area contributed by atoms with Crippen LogP contribution in [0.4, 0.5) is 0 Å². The fourth-order valence-corrected chi connectivity index (χ4v) is 2.61. The quantitative estimate of drug-likeness (QED) is 0.740. The van der Waals surface area contributed by atoms with Crippen LogP contribution in [0.1, 0.15) is 42.6 Å². The second-order valence-corrected chi connectivity index (χ2v) is 4.72. The van der Waals surface area contributed by atoms with Gasteiger partial charge in [-0.05, 0) is 44.1 Å². The van der Waals surface area contributed by atoms with Gasteiger partial charge in [0, 0.05) is 17.7 Å². The minimum absolute atomic E-state index is 0.265. The summed E-state index contributed by atoms with van der Waals surface area (Å²) in [6, 6.07) is 0. The lowest BCUT2D eigenvalue weighted by Crippen LogP contribution is -2.22. The molecule has 76 valence electrons. The van der Waals surface area contributed by atoms with E-state index < -0.39 is 0 Å². The second kappa shape index (κ2) is 2.83. The minimum atomic E-state index is 0.265. The van der Waals surface area contributed by atoms with E-state index >= 15 is 0 Å². The Hall–Kier alpha value is -0.830. The van der Waals surface area contributed by atoms with Gasteiger partial charge in [-0.25, -0.2) is 0 Å². The van der Waals surface area contributed by atoms with Gasteiger partial charge in [0.25, 0.3) is 0 Å². The van der Waals surface area contributed by atoms with E-state index in [4.69, 9.17) is 5.73 Å². The highest BCUT2D eigenvalue weighted by Crippen LogP contribution is 2.48. The van der Waals surface area contributed by atoms with Gasteiger partial charge in [-0.2, -0.15) is 5.10 Å². The first kappa shape index (κ1) is 8.48. The van der Waals surface area contributed by atoms with Crippen molar-refractivity contribution in [2.75, 3.05) is 6.54 Å². The summed E-state index contributed by atoms with van der Waals surface area (Å²) < 4.78 is 0. The summed E-state index contributed by atoms with van der Waals surface area (Å²) in [6.45, 7) is 0.768. The predicted molar refractivity (Wildman–Crippen MR) is 55.2 cm³/mol. The molecule has 1 fully saturated rings. The molecule has 0 spiro atoms. The monoisotopic (exact) mass is 191 g/mol. The van der Waals surface area contributed by atoms with E-state index in [0.29, 0.717) is 0 Å². The van der Waals surface area contributed by atoms with Crippen molar-refractivity contribution in [2.24, 2.45) is 5.73 Å². The van der Waals surface area contributed by atoms with Crippen LogP contribution in [0.25, 0.3) is 0 Å². The lowest BCUT2D eigenvalue weighted by molar-refractivity contribution is 0.643. The van der Waals surface area contributed by atoms with Crippen molar-refractivity contribution >= 4 is 0 Å². The molecule has 1 heterocycles. The molecule has 2 aliphatic carbocycles. The number of aryl methyl sites for hydroxylation is 1. The highest BCUT2D eigenvalue weighted by atomic mass is 15.1. The first-order valence-corrected chi connectivity index (χ1v) is 5.62. The molecule has 0 atom stereocenters. The van der Waals surface area contributed by atoms with Gasteiger partial charge >= 0.3 is 0 Å². The van der Waals surface area contributed by atoms with Crippen molar-refractivity contribution in [3.8, 4) is 0 Å². The fourth-order valence-electron chi connectivity index (χ4n) is 2.61. The molecule has 0 unspecified atom stereocenters. The van der Waals surface area contributed by atoms with Crippen LogP contribution in [0, 0.1) is 0 Å². The summed E-state index contributed by atoms with van der Waals surface area (Å²) in [6.07, 6.45) is 7.50. The Kier molecular flexibility index (Phi) is 1.71. The molecule has 0 aliphatic heterocycles. The van der Waals surface area contributed by atoms with E-state index in [1.165, 1.54) is 55.5 Å². The molecule has 1 aromatic heterocycles. The van der Waals surface area contributed by atoms with Crippen LogP contribution in [-0.4, -0.2) is 16.7 Å². The number of fused-ring (bicyclic) bond motifs is 1. The van der Waals surface area contributed by atoms with Crippen LogP contribution in [0.5, 0.6) is 0 Å². The molecule has 3 heteroatoms. The van der Waals surface area contributed by atoms with E-state index in [1.54, 1.807) is 0 Å². The molecule has 0 aromatic carbocycles. The molecule has 3 nitrogen and oxygen atoms in total. The maximum Gasteiger partial charge on any atom is 0.0731 e. The molecule has 2 aliphatic rings. The number of hydrogen-bond donors (Lipinski definition) is 2. The number of nitrogens with zero attached hydrogens (tertiary/aromatic N) is 1. The van der Waals surface area contributed by atoms with Crippen LogP contribution in [0.3, 0.4) is 0 Å². The maximum atomic E-state index is 5.84. The summed E-state index contributed by atoms with van der Waals surface area (Å²) in [7, 11) is 0. The van der Waals surface area contributed by atoms with E-state index in [0.717, 1.165) is 6.54 Å². The highest BCUT2D eigenvalue weighted by Gasteiger charge is 2.46. The standard InChI is InChI=1S/C11H17N3/c12-7-11(5-6-11)10-8-3-1-2-4-9(8)13-14-10/h1-7,12H2,(H,13,14). The Morgan fingerprint density at radius 1 is 1.29 bits per heavy atom. The molecular formula is C11H17N3. The Bertz CT molecular complexity index is 349. The second-order valence-electron chi connectivity index (χ2n) is 4.72. The number of aromatic nitrogens is 2. The third-order valence-electron chi connectivity index (χ3n) is 3.80. The fraction of sp³-hybridized carbons (Fsp3) is 0.727. The van der Waals surface area contributed by atoms with Gasteiger partial charge in [-0.3, -0.25) is 5.10 Å². The van der Waals surface area contributed by atoms with Crippen molar-refractivity contribution in [2.45, 2.75) is 43.9 Å². The largest absolute Gasteiger partial charge is 0.330 e. The smallest absolute Gasteiger partial charge is 0.0731 e. The summed E-state index contributed by atoms with van der Waals surface area (Å²) in [5, 5.41) is 7.70. The summed E-state index contributed by atoms with van der Waals surface area (Å²) >= 11 is 0. The molecule has 1 aromatic rings. The van der Waals surface area contributed by atoms with Gasteiger partial charge in [0.1, 0.15) is 0 Å². The van der Waals surface area contributed by atoms with Gasteiger partial charge in [0.2, 0.25) is 0 Å². The molecule has 0 bridgehead atoms. The molecule has 0 saturated heterocycles. The van der Waals surface area contributed by atoms with Crippen LogP contribution < -0.4 is 5.73 Å². The minimum Gasteiger partial charge on any atom is -0.330 e. The van der Waals surface area contributed by atoms with Crippen LogP contribution >= 0.6 is 0 Å². The molecule has 3 N–H and O–H groups in total. The average molecular weight is 191 g/mol. The Balaban J connectivity index is 2.02. The first-order chi connectivity index (χ1) is 6.86. The van der Waals surface area contributed by atoms with Gasteiger partial charge in [-0.15, -0.1) is 0 Å². The number of hydrogen-bond acceptors (Lipinski definition) is 2. The summed E-state index contributed by atoms with van der Waals surface area (Å²) in [5.41, 5.74) is 10.3. The third kappa shape index (κ3) is 1.05. The maximum absolute atomic E-state index is 5.84. The van der Waals surface area contributed by atoms with Crippen molar-refractivity contribution in [1.29, 1.82) is 0 Å². The van der Waals surface area contributed by atoms with Gasteiger partial charge in [-0.1, -0.05) is 0 Å². The molecule has 0 amide bonds. The highest BCUT2D eigenvalue weighted by molar-refractivity contribution is 5.37. The zero-order valence-electron chi connectivity index (χ0n) is 8.47. The lowest BCUT2D eigenvalue weighted by atomic mass is 9.90. The number of nitrogens with one attached hydrogen (secondary N) is 1. The topological polar surface area (TPSA) is 54.7 Å². The normalized spacial score (nSPS) is 23.2. The first-order valence-electron chi connectivity index (χ1n) is 5.62. The Labute approximate surface area is 84.1 Å². The number of rotatable bonds is 2. The average Bonchev–Trinajstić information content (AvgIpc) is 2.91. The third-order valence-corrected chi connectivity index (χ3v) is 3.80. The molecular weight excluding hydrogens is 174 g/mol. The Morgan fingerprint density at radius 2 is 2.07 bits per heavy atom. The lowest BCUT2D eigenvalue weighted by Gasteiger charge is -2.15. The zero-order valence-corrected chi connectivity index (χ0v) is 8.47. The van der Waals surface area contributed by atoms with Gasteiger partial charge in [0.15, 0.2) is 0 Å². The van der Waals surface area contributed by atoms with Crippen LogP contribution in [0.2, 0.25) is 0 Å². The van der Waals surface area contributed by atoms with Crippen molar-refractivity contribution < 1.29 is 0 Å². The predicted octanol–water partition coefficient (Wildman–Crippen LogP) is 1.28. The van der Waals surface area contributed by atoms with Crippen molar-refractivity contribution in [3.05, 3.63) is 17.0 Å². The number of nitrogens with two attached hydrogens (primary N) is 1. The van der Waals surface area contributed by atoms with Crippen LogP contribution in [0.15, 0.2) is 0 Å². The number of aromatic amines is 1. The summed E-state index contributed by atoms with van der Waals surface area (Å²) in [4.78, 5) is 0. The SMILES string of the molecule is NCC1(c2n[nH]c3c2CCCC3)CC1. The molecule has 0 radical (unpaired) electrons.